The maximum absolute atomic E-state index is 13.7. The second-order valence-electron chi connectivity index (χ2n) is 13.1. The third-order valence-electron chi connectivity index (χ3n) is 8.63. The van der Waals surface area contributed by atoms with Gasteiger partial charge in [-0.05, 0) is 50.5 Å². The van der Waals surface area contributed by atoms with E-state index in [1.54, 1.807) is 17.0 Å². The van der Waals surface area contributed by atoms with Gasteiger partial charge in [0.05, 0.1) is 12.2 Å². The summed E-state index contributed by atoms with van der Waals surface area (Å²) in [5.74, 6) is -1.60. The molecule has 1 fully saturated rings. The lowest BCUT2D eigenvalue weighted by molar-refractivity contribution is -0.159. The number of esters is 1. The summed E-state index contributed by atoms with van der Waals surface area (Å²) in [6, 6.07) is -0.805. The average molecular weight is 679 g/mol. The molecule has 0 unspecified atom stereocenters. The first-order valence-electron chi connectivity index (χ1n) is 17.2. The summed E-state index contributed by atoms with van der Waals surface area (Å²) in [5.41, 5.74) is 7.49. The molecule has 2 aromatic rings. The molecule has 1 saturated heterocycles. The second kappa shape index (κ2) is 18.2. The zero-order valence-electron chi connectivity index (χ0n) is 29.0. The van der Waals surface area contributed by atoms with Crippen LogP contribution in [-0.4, -0.2) is 80.3 Å². The van der Waals surface area contributed by atoms with Gasteiger partial charge in [-0.25, -0.2) is 9.78 Å². The van der Waals surface area contributed by atoms with Crippen molar-refractivity contribution in [3.63, 3.8) is 0 Å². The fourth-order valence-electron chi connectivity index (χ4n) is 6.12. The van der Waals surface area contributed by atoms with Gasteiger partial charge in [-0.3, -0.25) is 19.1 Å². The van der Waals surface area contributed by atoms with Crippen LogP contribution in [0.2, 0.25) is 0 Å². The Morgan fingerprint density at radius 1 is 1.18 bits per heavy atom. The number of nitrogens with one attached hydrogen (secondary N) is 2. The topological polar surface area (TPSA) is 188 Å². The number of nitrogens with two attached hydrogens (primary N) is 1. The fraction of sp³-hybridized carbons (Fsp3) is 0.571. The van der Waals surface area contributed by atoms with Crippen LogP contribution in [-0.2, 0) is 38.6 Å². The zero-order chi connectivity index (χ0) is 35.3. The summed E-state index contributed by atoms with van der Waals surface area (Å²) in [5, 5.41) is 13.7. The highest BCUT2D eigenvalue weighted by Crippen LogP contribution is 2.27. The molecule has 14 heteroatoms. The normalized spacial score (nSPS) is 23.8. The Hall–Kier alpha value is -4.59. The number of hydrogen-bond donors (Lipinski definition) is 3. The van der Waals surface area contributed by atoms with E-state index in [1.165, 1.54) is 17.2 Å². The molecule has 0 aromatic carbocycles. The number of aryl methyl sites for hydroxylation is 1. The minimum absolute atomic E-state index is 0.0393. The monoisotopic (exact) mass is 678 g/mol. The molecule has 0 aliphatic carbocycles. The lowest BCUT2D eigenvalue weighted by Crippen LogP contribution is -2.44. The first kappa shape index (κ1) is 37.2. The number of aromatic nitrogens is 4. The first-order valence-corrected chi connectivity index (χ1v) is 17.2. The minimum Gasteiger partial charge on any atom is -0.460 e. The number of allylic oxidation sites excluding steroid dienone is 3. The highest BCUT2D eigenvalue weighted by Gasteiger charge is 2.39. The molecule has 2 aliphatic heterocycles. The van der Waals surface area contributed by atoms with Crippen LogP contribution in [0.3, 0.4) is 0 Å². The predicted molar refractivity (Wildman–Crippen MR) is 181 cm³/mol. The van der Waals surface area contributed by atoms with E-state index in [9.17, 15) is 19.2 Å². The van der Waals surface area contributed by atoms with Gasteiger partial charge in [-0.1, -0.05) is 55.9 Å². The van der Waals surface area contributed by atoms with Gasteiger partial charge in [0.2, 0.25) is 11.8 Å². The van der Waals surface area contributed by atoms with Crippen LogP contribution in [0.15, 0.2) is 52.8 Å². The average Bonchev–Trinajstić information content (AvgIpc) is 3.85. The van der Waals surface area contributed by atoms with Crippen molar-refractivity contribution in [3.8, 4) is 0 Å². The van der Waals surface area contributed by atoms with Gasteiger partial charge in [0.1, 0.15) is 18.4 Å². The van der Waals surface area contributed by atoms with Crippen LogP contribution in [0.25, 0.3) is 0 Å². The highest BCUT2D eigenvalue weighted by molar-refractivity contribution is 5.95. The highest BCUT2D eigenvalue weighted by atomic mass is 16.5. The van der Waals surface area contributed by atoms with Crippen molar-refractivity contribution in [2.24, 2.45) is 23.5 Å². The number of rotatable bonds is 7. The number of hydrogen-bond acceptors (Lipinski definition) is 10. The summed E-state index contributed by atoms with van der Waals surface area (Å²) >= 11 is 0. The van der Waals surface area contributed by atoms with Crippen LogP contribution >= 0.6 is 0 Å². The van der Waals surface area contributed by atoms with E-state index in [1.807, 2.05) is 32.9 Å². The van der Waals surface area contributed by atoms with Crippen molar-refractivity contribution >= 4 is 23.7 Å². The number of carbonyl (C=O) groups is 4. The summed E-state index contributed by atoms with van der Waals surface area (Å²) in [6.07, 6.45) is 14.7. The van der Waals surface area contributed by atoms with Crippen molar-refractivity contribution in [1.29, 1.82) is 0 Å². The van der Waals surface area contributed by atoms with E-state index < -0.39 is 24.0 Å². The molecular weight excluding hydrogens is 628 g/mol. The fourth-order valence-corrected chi connectivity index (χ4v) is 6.12. The molecular formula is C35H50N8O6. The van der Waals surface area contributed by atoms with E-state index in [-0.39, 0.29) is 48.8 Å². The second-order valence-corrected chi connectivity index (χ2v) is 13.1. The van der Waals surface area contributed by atoms with Gasteiger partial charge in [-0.2, -0.15) is 0 Å². The molecule has 4 heterocycles. The standard InChI is InChI=1S/C35H50N8O6/c1-23(2)33-26(19-31(45)38-15-17-42-21-27(20-36)40-41-42)12-13-30(44)37-14-6-9-25(4)18-24(3)8-5-11-32-39-28(22-48-32)34(46)43-16-7-10-29(43)35(47)49-33/h6,9,12-13,18,21-24,26,29,33H,5,7-8,10-11,14-17,19-20,36H2,1-4H3,(H,37,44)(H,38,45)/b9-6?,13-12+,25-18?/t24-,26-,29+,33+/m0/s1. The SMILES string of the molecule is CC1=C[C@@H](C)CCCc2nc(co2)C(=O)N2CCC[C@@H]2C(=O)O[C@H](C(C)C)[C@H](CC(=O)NCCn2cc(CN)nn2)/C=C/C(=O)NCC=C1. The number of oxazole rings is 1. The van der Waals surface area contributed by atoms with Crippen LogP contribution in [0, 0.1) is 17.8 Å². The molecule has 49 heavy (non-hydrogen) atoms. The van der Waals surface area contributed by atoms with Crippen molar-refractivity contribution in [1.82, 2.24) is 35.5 Å². The van der Waals surface area contributed by atoms with Crippen LogP contribution in [0.1, 0.15) is 81.9 Å². The van der Waals surface area contributed by atoms with E-state index in [0.717, 1.165) is 18.4 Å². The van der Waals surface area contributed by atoms with Crippen LogP contribution in [0.4, 0.5) is 0 Å². The molecule has 266 valence electrons. The first-order chi connectivity index (χ1) is 23.5. The van der Waals surface area contributed by atoms with Crippen molar-refractivity contribution in [3.05, 3.63) is 65.7 Å². The Balaban J connectivity index is 1.54. The van der Waals surface area contributed by atoms with Crippen molar-refractivity contribution in [2.75, 3.05) is 19.6 Å². The van der Waals surface area contributed by atoms with Gasteiger partial charge >= 0.3 is 5.97 Å². The molecule has 3 amide bonds. The number of amides is 3. The van der Waals surface area contributed by atoms with Gasteiger partial charge < -0.3 is 30.4 Å². The Bertz CT molecular complexity index is 1530. The van der Waals surface area contributed by atoms with E-state index in [0.29, 0.717) is 56.4 Å². The third kappa shape index (κ3) is 11.2. The van der Waals surface area contributed by atoms with Crippen LogP contribution in [0.5, 0.6) is 0 Å². The number of fused-ring (bicyclic) bond motifs is 3. The molecule has 0 radical (unpaired) electrons. The molecule has 4 atom stereocenters. The zero-order valence-corrected chi connectivity index (χ0v) is 29.0. The van der Waals surface area contributed by atoms with E-state index in [2.05, 4.69) is 38.9 Å². The molecule has 2 aliphatic rings. The summed E-state index contributed by atoms with van der Waals surface area (Å²) < 4.78 is 13.3. The molecule has 4 rings (SSSR count). The van der Waals surface area contributed by atoms with Crippen molar-refractivity contribution in [2.45, 2.75) is 91.5 Å². The van der Waals surface area contributed by atoms with Crippen LogP contribution < -0.4 is 16.4 Å². The lowest BCUT2D eigenvalue weighted by Gasteiger charge is -2.30. The summed E-state index contributed by atoms with van der Waals surface area (Å²) in [4.78, 5) is 59.1. The molecule has 0 spiro atoms. The Morgan fingerprint density at radius 2 is 2.00 bits per heavy atom. The molecule has 14 nitrogen and oxygen atoms in total. The summed E-state index contributed by atoms with van der Waals surface area (Å²) in [6.45, 7) is 9.58. The minimum atomic E-state index is -0.805. The Labute approximate surface area is 287 Å². The van der Waals surface area contributed by atoms with Gasteiger partial charge in [0, 0.05) is 51.1 Å². The van der Waals surface area contributed by atoms with Crippen molar-refractivity contribution < 1.29 is 28.3 Å². The number of nitrogens with zero attached hydrogens (tertiary/aromatic N) is 5. The van der Waals surface area contributed by atoms with Gasteiger partial charge in [-0.15, -0.1) is 5.10 Å². The molecule has 4 N–H and O–H groups in total. The Morgan fingerprint density at radius 3 is 2.76 bits per heavy atom. The number of carbonyl (C=O) groups excluding carboxylic acids is 4. The lowest BCUT2D eigenvalue weighted by atomic mass is 9.89. The summed E-state index contributed by atoms with van der Waals surface area (Å²) in [7, 11) is 0. The Kier molecular flexibility index (Phi) is 13.9. The maximum Gasteiger partial charge on any atom is 0.329 e. The maximum atomic E-state index is 13.7. The quantitative estimate of drug-likeness (QED) is 0.368. The van der Waals surface area contributed by atoms with Gasteiger partial charge in [0.15, 0.2) is 11.6 Å². The third-order valence-corrected chi connectivity index (χ3v) is 8.63. The van der Waals surface area contributed by atoms with E-state index in [4.69, 9.17) is 14.9 Å². The predicted octanol–water partition coefficient (Wildman–Crippen LogP) is 2.87. The smallest absolute Gasteiger partial charge is 0.329 e. The molecule has 2 bridgehead atoms. The largest absolute Gasteiger partial charge is 0.460 e. The van der Waals surface area contributed by atoms with E-state index >= 15 is 0 Å². The molecule has 0 saturated carbocycles. The number of cyclic esters (lactones) is 1. The molecule has 2 aromatic heterocycles. The van der Waals surface area contributed by atoms with Gasteiger partial charge in [0.25, 0.3) is 5.91 Å². The number of ether oxygens (including phenoxy) is 1.